The molecule has 2 atom stereocenters. The third kappa shape index (κ3) is 1.70. The van der Waals surface area contributed by atoms with Crippen LogP contribution in [-0.2, 0) is 0 Å². The van der Waals surface area contributed by atoms with Crippen LogP contribution in [0.5, 0.6) is 5.75 Å². The number of fused-ring (bicyclic) bond motifs is 3. The predicted molar refractivity (Wildman–Crippen MR) is 49.8 cm³/mol. The smallest absolute Gasteiger partial charge is 0.154 e. The minimum Gasteiger partial charge on any atom is -1.00 e. The number of quaternary nitrogens is 1. The number of hydrogen-bond donors (Lipinski definition) is 1. The van der Waals surface area contributed by atoms with Crippen LogP contribution in [0.2, 0.25) is 0 Å². The Labute approximate surface area is 94.2 Å². The normalized spacial score (nSPS) is 27.3. The van der Waals surface area contributed by atoms with Gasteiger partial charge in [0.25, 0.3) is 0 Å². The summed E-state index contributed by atoms with van der Waals surface area (Å²) in [5, 5.41) is 2.27. The summed E-state index contributed by atoms with van der Waals surface area (Å²) < 4.78 is 18.7. The van der Waals surface area contributed by atoms with Gasteiger partial charge in [0.1, 0.15) is 18.1 Å². The monoisotopic (exact) mass is 229 g/mol. The summed E-state index contributed by atoms with van der Waals surface area (Å²) in [6.07, 6.45) is 1.41. The van der Waals surface area contributed by atoms with Gasteiger partial charge >= 0.3 is 0 Å². The van der Waals surface area contributed by atoms with E-state index in [-0.39, 0.29) is 24.3 Å². The molecule has 0 saturated carbocycles. The van der Waals surface area contributed by atoms with E-state index < -0.39 is 0 Å². The van der Waals surface area contributed by atoms with Gasteiger partial charge in [-0.25, -0.2) is 4.39 Å². The third-order valence-corrected chi connectivity index (χ3v) is 3.18. The van der Waals surface area contributed by atoms with Crippen LogP contribution in [0.4, 0.5) is 4.39 Å². The SMILES string of the molecule is Fc1ccc2c(c1)O[C@H]1C[NH2+]CC[C@@H]21.[Cl-]. The van der Waals surface area contributed by atoms with Crippen molar-refractivity contribution in [1.82, 2.24) is 0 Å². The highest BCUT2D eigenvalue weighted by molar-refractivity contribution is 5.41. The molecule has 0 amide bonds. The van der Waals surface area contributed by atoms with Gasteiger partial charge in [0, 0.05) is 24.0 Å². The molecule has 0 bridgehead atoms. The Bertz CT molecular complexity index is 372. The average Bonchev–Trinajstić information content (AvgIpc) is 2.54. The summed E-state index contributed by atoms with van der Waals surface area (Å²) in [6.45, 7) is 2.16. The summed E-state index contributed by atoms with van der Waals surface area (Å²) in [6, 6.07) is 4.91. The van der Waals surface area contributed by atoms with Gasteiger partial charge < -0.3 is 22.5 Å². The van der Waals surface area contributed by atoms with Crippen molar-refractivity contribution < 1.29 is 26.9 Å². The van der Waals surface area contributed by atoms with Crippen LogP contribution in [0, 0.1) is 5.82 Å². The Balaban J connectivity index is 0.000000853. The molecule has 0 spiro atoms. The fourth-order valence-electron chi connectivity index (χ4n) is 2.50. The fourth-order valence-corrected chi connectivity index (χ4v) is 2.50. The van der Waals surface area contributed by atoms with E-state index in [9.17, 15) is 4.39 Å². The minimum absolute atomic E-state index is 0. The van der Waals surface area contributed by atoms with Gasteiger partial charge in [-0.15, -0.1) is 0 Å². The maximum absolute atomic E-state index is 13.0. The lowest BCUT2D eigenvalue weighted by Crippen LogP contribution is -3.00. The summed E-state index contributed by atoms with van der Waals surface area (Å²) in [5.41, 5.74) is 1.20. The number of benzene rings is 1. The number of ether oxygens (including phenoxy) is 1. The fraction of sp³-hybridized carbons (Fsp3) is 0.455. The van der Waals surface area contributed by atoms with Crippen molar-refractivity contribution in [1.29, 1.82) is 0 Å². The van der Waals surface area contributed by atoms with E-state index in [4.69, 9.17) is 4.74 Å². The van der Waals surface area contributed by atoms with Crippen LogP contribution in [-0.4, -0.2) is 19.2 Å². The lowest BCUT2D eigenvalue weighted by molar-refractivity contribution is -0.669. The first-order chi connectivity index (χ1) is 6.84. The molecule has 82 valence electrons. The van der Waals surface area contributed by atoms with Gasteiger partial charge in [-0.3, -0.25) is 0 Å². The lowest BCUT2D eigenvalue weighted by Gasteiger charge is -2.22. The first-order valence-corrected chi connectivity index (χ1v) is 5.12. The number of hydrogen-bond acceptors (Lipinski definition) is 1. The molecular weight excluding hydrogens is 217 g/mol. The molecule has 0 radical (unpaired) electrons. The second-order valence-electron chi connectivity index (χ2n) is 4.05. The Morgan fingerprint density at radius 2 is 2.27 bits per heavy atom. The predicted octanol–water partition coefficient (Wildman–Crippen LogP) is -2.36. The summed E-state index contributed by atoms with van der Waals surface area (Å²) in [4.78, 5) is 0. The van der Waals surface area contributed by atoms with E-state index in [0.717, 1.165) is 25.3 Å². The van der Waals surface area contributed by atoms with Crippen molar-refractivity contribution in [2.45, 2.75) is 18.4 Å². The molecule has 1 aromatic carbocycles. The zero-order valence-corrected chi connectivity index (χ0v) is 9.01. The molecule has 15 heavy (non-hydrogen) atoms. The van der Waals surface area contributed by atoms with Gasteiger partial charge in [-0.2, -0.15) is 0 Å². The molecule has 2 aliphatic heterocycles. The molecule has 2 heterocycles. The minimum atomic E-state index is -0.202. The Hall–Kier alpha value is -0.800. The van der Waals surface area contributed by atoms with Crippen LogP contribution in [0.25, 0.3) is 0 Å². The van der Waals surface area contributed by atoms with E-state index in [1.165, 1.54) is 17.7 Å². The van der Waals surface area contributed by atoms with Crippen LogP contribution in [0.1, 0.15) is 17.9 Å². The van der Waals surface area contributed by atoms with E-state index in [1.807, 2.05) is 6.07 Å². The molecule has 3 rings (SSSR count). The van der Waals surface area contributed by atoms with Gasteiger partial charge in [0.05, 0.1) is 6.54 Å². The maximum atomic E-state index is 13.0. The highest BCUT2D eigenvalue weighted by Crippen LogP contribution is 2.40. The number of nitrogens with two attached hydrogens (primary N) is 1. The third-order valence-electron chi connectivity index (χ3n) is 3.18. The van der Waals surface area contributed by atoms with Gasteiger partial charge in [0.2, 0.25) is 0 Å². The van der Waals surface area contributed by atoms with Crippen molar-refractivity contribution in [3.05, 3.63) is 29.6 Å². The first kappa shape index (κ1) is 10.7. The molecule has 2 N–H and O–H groups in total. The lowest BCUT2D eigenvalue weighted by atomic mass is 9.90. The zero-order chi connectivity index (χ0) is 9.54. The van der Waals surface area contributed by atoms with Crippen LogP contribution < -0.4 is 22.5 Å². The summed E-state index contributed by atoms with van der Waals surface area (Å²) >= 11 is 0. The Kier molecular flexibility index (Phi) is 2.85. The summed E-state index contributed by atoms with van der Waals surface area (Å²) in [5.74, 6) is 1.05. The van der Waals surface area contributed by atoms with Crippen molar-refractivity contribution in [3.8, 4) is 5.75 Å². The Morgan fingerprint density at radius 1 is 1.40 bits per heavy atom. The topological polar surface area (TPSA) is 25.8 Å². The van der Waals surface area contributed by atoms with Crippen molar-refractivity contribution >= 4 is 0 Å². The molecule has 1 aromatic rings. The maximum Gasteiger partial charge on any atom is 0.154 e. The highest BCUT2D eigenvalue weighted by atomic mass is 35.5. The Morgan fingerprint density at radius 3 is 3.13 bits per heavy atom. The van der Waals surface area contributed by atoms with Crippen molar-refractivity contribution in [2.75, 3.05) is 13.1 Å². The average molecular weight is 230 g/mol. The molecule has 0 aliphatic carbocycles. The number of rotatable bonds is 0. The first-order valence-electron chi connectivity index (χ1n) is 5.12. The van der Waals surface area contributed by atoms with Crippen LogP contribution in [0.15, 0.2) is 18.2 Å². The molecule has 1 saturated heterocycles. The zero-order valence-electron chi connectivity index (χ0n) is 8.25. The van der Waals surface area contributed by atoms with Crippen LogP contribution >= 0.6 is 0 Å². The summed E-state index contributed by atoms with van der Waals surface area (Å²) in [7, 11) is 0. The second kappa shape index (κ2) is 3.99. The van der Waals surface area contributed by atoms with Gasteiger partial charge in [-0.05, 0) is 6.07 Å². The van der Waals surface area contributed by atoms with E-state index >= 15 is 0 Å². The standard InChI is InChI=1S/C11H12FNO.ClH/c12-7-1-2-8-9-3-4-13-6-11(9)14-10(8)5-7;/h1-2,5,9,11,13H,3-4,6H2;1H/t9-,11-;/m0./s1. The largest absolute Gasteiger partial charge is 1.00 e. The van der Waals surface area contributed by atoms with E-state index in [1.54, 1.807) is 0 Å². The molecule has 0 unspecified atom stereocenters. The van der Waals surface area contributed by atoms with E-state index in [2.05, 4.69) is 5.32 Å². The molecule has 2 nitrogen and oxygen atoms in total. The van der Waals surface area contributed by atoms with Gasteiger partial charge in [-0.1, -0.05) is 6.07 Å². The number of halogens is 2. The molecule has 2 aliphatic rings. The highest BCUT2D eigenvalue weighted by Gasteiger charge is 2.38. The molecule has 4 heteroatoms. The van der Waals surface area contributed by atoms with Crippen molar-refractivity contribution in [3.63, 3.8) is 0 Å². The molecule has 1 fully saturated rings. The van der Waals surface area contributed by atoms with Gasteiger partial charge in [0.15, 0.2) is 6.10 Å². The quantitative estimate of drug-likeness (QED) is 0.530. The second-order valence-corrected chi connectivity index (χ2v) is 4.05. The molecule has 0 aromatic heterocycles. The van der Waals surface area contributed by atoms with E-state index in [0.29, 0.717) is 5.92 Å². The molecular formula is C11H13ClFNO. The van der Waals surface area contributed by atoms with Crippen LogP contribution in [0.3, 0.4) is 0 Å². The number of piperidine rings is 1. The van der Waals surface area contributed by atoms with Crippen molar-refractivity contribution in [2.24, 2.45) is 0 Å².